The fraction of sp³-hybridized carbons (Fsp3) is 0.436. The maximum atomic E-state index is 14.1. The van der Waals surface area contributed by atoms with Crippen LogP contribution in [0.3, 0.4) is 0 Å². The number of nitrogens with zero attached hydrogens (tertiary/aromatic N) is 3. The van der Waals surface area contributed by atoms with Gasteiger partial charge in [0.05, 0.1) is 17.4 Å². The van der Waals surface area contributed by atoms with Crippen molar-refractivity contribution in [1.29, 1.82) is 0 Å². The molecular weight excluding hydrogens is 687 g/mol. The smallest absolute Gasteiger partial charge is 0.416 e. The largest absolute Gasteiger partial charge is 0.444 e. The minimum atomic E-state index is -4.53. The highest BCUT2D eigenvalue weighted by Crippen LogP contribution is 2.32. The van der Waals surface area contributed by atoms with Gasteiger partial charge in [0.15, 0.2) is 5.82 Å². The highest BCUT2D eigenvalue weighted by atomic mass is 19.4. The Morgan fingerprint density at radius 2 is 1.68 bits per heavy atom. The van der Waals surface area contributed by atoms with Crippen LogP contribution in [-0.4, -0.2) is 67.6 Å². The van der Waals surface area contributed by atoms with Crippen molar-refractivity contribution < 1.29 is 32.3 Å². The molecule has 3 amide bonds. The van der Waals surface area contributed by atoms with Crippen LogP contribution in [0.1, 0.15) is 77.1 Å². The molecule has 14 heteroatoms. The maximum absolute atomic E-state index is 14.1. The number of alkyl halides is 3. The Bertz CT molecular complexity index is 1930. The number of carbonyl (C=O) groups is 3. The Balaban J connectivity index is 1.41. The van der Waals surface area contributed by atoms with Crippen LogP contribution in [0.4, 0.5) is 23.8 Å². The van der Waals surface area contributed by atoms with Crippen molar-refractivity contribution >= 4 is 34.6 Å². The van der Waals surface area contributed by atoms with Gasteiger partial charge in [-0.25, -0.2) is 9.78 Å². The van der Waals surface area contributed by atoms with Crippen LogP contribution in [-0.2, 0) is 26.9 Å². The first-order valence-electron chi connectivity index (χ1n) is 17.6. The molecule has 11 nitrogen and oxygen atoms in total. The summed E-state index contributed by atoms with van der Waals surface area (Å²) in [6.07, 6.45) is 1.39. The molecule has 2 aromatic heterocycles. The van der Waals surface area contributed by atoms with Gasteiger partial charge < -0.3 is 35.1 Å². The van der Waals surface area contributed by atoms with E-state index < -0.39 is 47.0 Å². The number of H-pyrrole nitrogens is 1. The molecule has 0 bridgehead atoms. The average Bonchev–Trinajstić information content (AvgIpc) is 3.70. The second kappa shape index (κ2) is 15.4. The van der Waals surface area contributed by atoms with E-state index in [-0.39, 0.29) is 18.1 Å². The number of imidazole rings is 1. The standard InChI is InChI=1S/C39H48F3N7O4/c1-24-16-18-48(19-17-24)35(51)33(26-12-14-28(15-13-26)39(40,41)42)49-22-32(44-23-49)46-34(50)31(20-27-21-43-30-11-9-8-10-29(27)30)45-25(2)38(6,7)47-36(52)53-37(3,4)5/h8-15,21-24,31,33,43,45H,2,16-20H2,1,3-7H3,(H,46,50)(H,47,52). The lowest BCUT2D eigenvalue weighted by atomic mass is 9.97. The van der Waals surface area contributed by atoms with E-state index in [1.165, 1.54) is 29.2 Å². The van der Waals surface area contributed by atoms with E-state index in [1.54, 1.807) is 39.5 Å². The molecule has 284 valence electrons. The molecule has 1 fully saturated rings. The third-order valence-corrected chi connectivity index (χ3v) is 9.37. The van der Waals surface area contributed by atoms with E-state index in [1.807, 2.05) is 30.5 Å². The van der Waals surface area contributed by atoms with Gasteiger partial charge in [-0.15, -0.1) is 0 Å². The lowest BCUT2D eigenvalue weighted by molar-refractivity contribution is -0.137. The number of hydrogen-bond acceptors (Lipinski definition) is 6. The third kappa shape index (κ3) is 9.79. The molecule has 3 heterocycles. The van der Waals surface area contributed by atoms with Crippen LogP contribution in [0.5, 0.6) is 0 Å². The Kier molecular flexibility index (Phi) is 11.3. The van der Waals surface area contributed by atoms with Gasteiger partial charge in [-0.3, -0.25) is 9.59 Å². The summed E-state index contributed by atoms with van der Waals surface area (Å²) in [5.41, 5.74) is -0.133. The van der Waals surface area contributed by atoms with Crippen molar-refractivity contribution in [2.75, 3.05) is 18.4 Å². The molecule has 0 radical (unpaired) electrons. The molecule has 2 aromatic carbocycles. The first-order valence-corrected chi connectivity index (χ1v) is 17.6. The summed E-state index contributed by atoms with van der Waals surface area (Å²) >= 11 is 0. The number of anilines is 1. The number of nitrogens with one attached hydrogen (secondary N) is 4. The number of amides is 3. The Labute approximate surface area is 307 Å². The zero-order valence-electron chi connectivity index (χ0n) is 30.9. The fourth-order valence-corrected chi connectivity index (χ4v) is 6.21. The molecule has 4 N–H and O–H groups in total. The van der Waals surface area contributed by atoms with Gasteiger partial charge in [-0.2, -0.15) is 13.2 Å². The summed E-state index contributed by atoms with van der Waals surface area (Å²) in [4.78, 5) is 50.0. The van der Waals surface area contributed by atoms with E-state index in [0.29, 0.717) is 30.3 Å². The zero-order valence-corrected chi connectivity index (χ0v) is 30.9. The highest BCUT2D eigenvalue weighted by molar-refractivity contribution is 5.95. The summed E-state index contributed by atoms with van der Waals surface area (Å²) in [6, 6.07) is 10.3. The molecule has 5 rings (SSSR count). The van der Waals surface area contributed by atoms with Crippen molar-refractivity contribution in [3.8, 4) is 0 Å². The minimum Gasteiger partial charge on any atom is -0.444 e. The molecular formula is C39H48F3N7O4. The topological polar surface area (TPSA) is 133 Å². The quantitative estimate of drug-likeness (QED) is 0.129. The lowest BCUT2D eigenvalue weighted by Crippen LogP contribution is -2.53. The number of halogens is 3. The SMILES string of the molecule is C=C(NC(Cc1c[nH]c2ccccc12)C(=O)Nc1cn(C(C(=O)N2CCC(C)CC2)c2ccc(C(F)(F)F)cc2)cn1)C(C)(C)NC(=O)OC(C)(C)C. The van der Waals surface area contributed by atoms with E-state index in [0.717, 1.165) is 41.4 Å². The predicted octanol–water partition coefficient (Wildman–Crippen LogP) is 7.19. The van der Waals surface area contributed by atoms with E-state index in [9.17, 15) is 27.6 Å². The molecule has 1 saturated heterocycles. The Hall–Kier alpha value is -5.27. The molecule has 0 aliphatic carbocycles. The van der Waals surface area contributed by atoms with Gasteiger partial charge in [0.1, 0.15) is 17.7 Å². The van der Waals surface area contributed by atoms with Crippen molar-refractivity contribution in [2.24, 2.45) is 5.92 Å². The normalized spacial score (nSPS) is 15.5. The summed E-state index contributed by atoms with van der Waals surface area (Å²) in [6.45, 7) is 16.1. The van der Waals surface area contributed by atoms with Crippen molar-refractivity contribution in [3.05, 3.63) is 96.2 Å². The number of aromatic amines is 1. The van der Waals surface area contributed by atoms with Crippen molar-refractivity contribution in [3.63, 3.8) is 0 Å². The number of fused-ring (bicyclic) bond motifs is 1. The van der Waals surface area contributed by atoms with Gasteiger partial charge in [0, 0.05) is 48.5 Å². The number of likely N-dealkylation sites (tertiary alicyclic amines) is 1. The van der Waals surface area contributed by atoms with E-state index >= 15 is 0 Å². The molecule has 0 spiro atoms. The molecule has 53 heavy (non-hydrogen) atoms. The number of hydrogen-bond donors (Lipinski definition) is 4. The van der Waals surface area contributed by atoms with Crippen LogP contribution in [0.2, 0.25) is 0 Å². The van der Waals surface area contributed by atoms with Gasteiger partial charge >= 0.3 is 12.3 Å². The second-order valence-corrected chi connectivity index (χ2v) is 15.2. The van der Waals surface area contributed by atoms with Gasteiger partial charge in [0.25, 0.3) is 0 Å². The highest BCUT2D eigenvalue weighted by Gasteiger charge is 2.34. The number of rotatable bonds is 11. The molecule has 0 saturated carbocycles. The Morgan fingerprint density at radius 1 is 1.02 bits per heavy atom. The number of alkyl carbamates (subject to hydrolysis) is 1. The van der Waals surface area contributed by atoms with Crippen LogP contribution in [0.25, 0.3) is 10.9 Å². The maximum Gasteiger partial charge on any atom is 0.416 e. The number of piperidine rings is 1. The third-order valence-electron chi connectivity index (χ3n) is 9.37. The predicted molar refractivity (Wildman–Crippen MR) is 197 cm³/mol. The second-order valence-electron chi connectivity index (χ2n) is 15.2. The summed E-state index contributed by atoms with van der Waals surface area (Å²) in [5.74, 6) is -0.160. The van der Waals surface area contributed by atoms with Gasteiger partial charge in [-0.1, -0.05) is 43.8 Å². The Morgan fingerprint density at radius 3 is 2.32 bits per heavy atom. The summed E-state index contributed by atoms with van der Waals surface area (Å²) in [5, 5.41) is 9.78. The monoisotopic (exact) mass is 735 g/mol. The zero-order chi connectivity index (χ0) is 38.7. The van der Waals surface area contributed by atoms with E-state index in [2.05, 4.69) is 39.4 Å². The molecule has 4 aromatic rings. The van der Waals surface area contributed by atoms with Gasteiger partial charge in [-0.05, 0) is 82.7 Å². The van der Waals surface area contributed by atoms with Crippen LogP contribution >= 0.6 is 0 Å². The molecule has 2 atom stereocenters. The first kappa shape index (κ1) is 38.9. The number of ether oxygens (including phenoxy) is 1. The summed E-state index contributed by atoms with van der Waals surface area (Å²) < 4.78 is 47.2. The molecule has 2 unspecified atom stereocenters. The number of benzene rings is 2. The fourth-order valence-electron chi connectivity index (χ4n) is 6.21. The number of aromatic nitrogens is 3. The van der Waals surface area contributed by atoms with Crippen LogP contribution in [0.15, 0.2) is 79.5 Å². The van der Waals surface area contributed by atoms with Gasteiger partial charge in [0.2, 0.25) is 11.8 Å². The summed E-state index contributed by atoms with van der Waals surface area (Å²) in [7, 11) is 0. The van der Waals surface area contributed by atoms with Crippen LogP contribution in [0, 0.1) is 5.92 Å². The lowest BCUT2D eigenvalue weighted by Gasteiger charge is -2.33. The molecule has 1 aliphatic heterocycles. The average molecular weight is 736 g/mol. The number of carbonyl (C=O) groups excluding carboxylic acids is 3. The van der Waals surface area contributed by atoms with Crippen molar-refractivity contribution in [1.82, 2.24) is 30.1 Å². The number of para-hydroxylation sites is 1. The first-order chi connectivity index (χ1) is 24.8. The minimum absolute atomic E-state index is 0.134. The molecule has 1 aliphatic rings. The van der Waals surface area contributed by atoms with Crippen LogP contribution < -0.4 is 16.0 Å². The van der Waals surface area contributed by atoms with Crippen molar-refractivity contribution in [2.45, 2.75) is 90.2 Å². The van der Waals surface area contributed by atoms with E-state index in [4.69, 9.17) is 4.74 Å².